The Bertz CT molecular complexity index is 901. The lowest BCUT2D eigenvalue weighted by atomic mass is 10.1. The van der Waals surface area contributed by atoms with Gasteiger partial charge in [0.05, 0.1) is 0 Å². The van der Waals surface area contributed by atoms with Gasteiger partial charge in [-0.2, -0.15) is 0 Å². The molecule has 2 aromatic carbocycles. The first-order valence-electron chi connectivity index (χ1n) is 6.45. The molecule has 0 spiro atoms. The predicted octanol–water partition coefficient (Wildman–Crippen LogP) is 3.11. The Morgan fingerprint density at radius 3 is 2.59 bits per heavy atom. The quantitative estimate of drug-likeness (QED) is 0.564. The molecule has 110 valence electrons. The van der Waals surface area contributed by atoms with Gasteiger partial charge in [0.2, 0.25) is 0 Å². The number of carbonyl (C=O) groups is 1. The van der Waals surface area contributed by atoms with Crippen molar-refractivity contribution >= 4 is 22.6 Å². The normalized spacial score (nSPS) is 11.6. The fourth-order valence-corrected chi connectivity index (χ4v) is 2.04. The predicted molar refractivity (Wildman–Crippen MR) is 77.9 cm³/mol. The largest absolute Gasteiger partial charge is 0.435 e. The van der Waals surface area contributed by atoms with Crippen molar-refractivity contribution in [1.29, 1.82) is 0 Å². The SMILES string of the molecule is O=C(Nc1ccc(F)cc1)c1cc2ccccc2o/c1=N/O. The van der Waals surface area contributed by atoms with Gasteiger partial charge < -0.3 is 14.9 Å². The first-order valence-corrected chi connectivity index (χ1v) is 6.45. The van der Waals surface area contributed by atoms with E-state index >= 15 is 0 Å². The Hall–Kier alpha value is -3.15. The molecule has 5 nitrogen and oxygen atoms in total. The Kier molecular flexibility index (Phi) is 3.57. The number of para-hydroxylation sites is 1. The molecule has 2 N–H and O–H groups in total. The van der Waals surface area contributed by atoms with Crippen molar-refractivity contribution in [3.05, 3.63) is 71.5 Å². The van der Waals surface area contributed by atoms with E-state index in [-0.39, 0.29) is 11.1 Å². The topological polar surface area (TPSA) is 74.8 Å². The van der Waals surface area contributed by atoms with Gasteiger partial charge in [0.1, 0.15) is 17.0 Å². The number of rotatable bonds is 2. The summed E-state index contributed by atoms with van der Waals surface area (Å²) in [6.07, 6.45) is 0. The smallest absolute Gasteiger partial charge is 0.268 e. The molecule has 0 atom stereocenters. The molecule has 0 fully saturated rings. The molecule has 1 aromatic heterocycles. The van der Waals surface area contributed by atoms with Crippen molar-refractivity contribution in [2.75, 3.05) is 5.32 Å². The number of halogens is 1. The summed E-state index contributed by atoms with van der Waals surface area (Å²) in [6.45, 7) is 0. The van der Waals surface area contributed by atoms with Crippen LogP contribution in [0, 0.1) is 5.82 Å². The molecule has 22 heavy (non-hydrogen) atoms. The van der Waals surface area contributed by atoms with Gasteiger partial charge in [-0.15, -0.1) is 0 Å². The molecule has 0 aliphatic rings. The molecule has 6 heteroatoms. The van der Waals surface area contributed by atoms with E-state index in [2.05, 4.69) is 10.5 Å². The van der Waals surface area contributed by atoms with Crippen LogP contribution in [0.4, 0.5) is 10.1 Å². The van der Waals surface area contributed by atoms with E-state index in [4.69, 9.17) is 9.62 Å². The maximum absolute atomic E-state index is 12.9. The van der Waals surface area contributed by atoms with E-state index in [0.717, 1.165) is 0 Å². The second-order valence-electron chi connectivity index (χ2n) is 4.56. The molecule has 0 unspecified atom stereocenters. The van der Waals surface area contributed by atoms with Gasteiger partial charge in [-0.25, -0.2) is 4.39 Å². The summed E-state index contributed by atoms with van der Waals surface area (Å²) in [7, 11) is 0. The molecule has 0 bridgehead atoms. The number of carbonyl (C=O) groups excluding carboxylic acids is 1. The highest BCUT2D eigenvalue weighted by Gasteiger charge is 2.13. The molecule has 0 saturated carbocycles. The Labute approximate surface area is 124 Å². The molecule has 1 heterocycles. The van der Waals surface area contributed by atoms with Crippen LogP contribution in [0.3, 0.4) is 0 Å². The number of anilines is 1. The average molecular weight is 298 g/mol. The zero-order valence-corrected chi connectivity index (χ0v) is 11.3. The molecule has 1 amide bonds. The highest BCUT2D eigenvalue weighted by Crippen LogP contribution is 2.14. The summed E-state index contributed by atoms with van der Waals surface area (Å²) in [6, 6.07) is 13.9. The third-order valence-corrected chi connectivity index (χ3v) is 3.09. The third-order valence-electron chi connectivity index (χ3n) is 3.09. The number of benzene rings is 2. The van der Waals surface area contributed by atoms with Crippen molar-refractivity contribution in [2.24, 2.45) is 5.16 Å². The number of hydrogen-bond donors (Lipinski definition) is 2. The maximum Gasteiger partial charge on any atom is 0.268 e. The lowest BCUT2D eigenvalue weighted by Crippen LogP contribution is -2.21. The minimum absolute atomic E-state index is 0.0746. The molecule has 3 aromatic rings. The molecular formula is C16H11FN2O3. The number of fused-ring (bicyclic) bond motifs is 1. The van der Waals surface area contributed by atoms with Crippen molar-refractivity contribution in [2.45, 2.75) is 0 Å². The molecular weight excluding hydrogens is 287 g/mol. The summed E-state index contributed by atoms with van der Waals surface area (Å²) < 4.78 is 18.2. The number of nitrogens with one attached hydrogen (secondary N) is 1. The van der Waals surface area contributed by atoms with Crippen LogP contribution in [0.25, 0.3) is 11.0 Å². The highest BCUT2D eigenvalue weighted by atomic mass is 19.1. The molecule has 0 aliphatic heterocycles. The minimum Gasteiger partial charge on any atom is -0.435 e. The van der Waals surface area contributed by atoms with Crippen LogP contribution in [0.15, 0.2) is 64.2 Å². The monoisotopic (exact) mass is 298 g/mol. The first-order chi connectivity index (χ1) is 10.7. The van der Waals surface area contributed by atoms with Gasteiger partial charge in [-0.3, -0.25) is 4.79 Å². The van der Waals surface area contributed by atoms with Gasteiger partial charge >= 0.3 is 0 Å². The Morgan fingerprint density at radius 1 is 1.14 bits per heavy atom. The van der Waals surface area contributed by atoms with Crippen LogP contribution in [-0.2, 0) is 0 Å². The fraction of sp³-hybridized carbons (Fsp3) is 0. The van der Waals surface area contributed by atoms with Crippen molar-refractivity contribution < 1.29 is 18.8 Å². The second kappa shape index (κ2) is 5.69. The van der Waals surface area contributed by atoms with Crippen LogP contribution in [0.2, 0.25) is 0 Å². The third kappa shape index (κ3) is 2.67. The summed E-state index contributed by atoms with van der Waals surface area (Å²) in [5.41, 5.74) is 0.793. The van der Waals surface area contributed by atoms with Crippen molar-refractivity contribution in [1.82, 2.24) is 0 Å². The lowest BCUT2D eigenvalue weighted by Gasteiger charge is -2.06. The summed E-state index contributed by atoms with van der Waals surface area (Å²) in [5.74, 6) is -0.918. The first kappa shape index (κ1) is 13.8. The van der Waals surface area contributed by atoms with Crippen LogP contribution >= 0.6 is 0 Å². The van der Waals surface area contributed by atoms with E-state index in [9.17, 15) is 9.18 Å². The summed E-state index contributed by atoms with van der Waals surface area (Å²) in [5, 5.41) is 15.3. The van der Waals surface area contributed by atoms with E-state index in [1.807, 2.05) is 0 Å². The number of nitrogens with zero attached hydrogens (tertiary/aromatic N) is 1. The minimum atomic E-state index is -0.520. The standard InChI is InChI=1S/C16H11FN2O3/c17-11-5-7-12(8-6-11)18-15(20)13-9-10-3-1-2-4-14(10)22-16(13)19-21/h1-9,21H,(H,18,20)/b19-16+. The highest BCUT2D eigenvalue weighted by molar-refractivity contribution is 6.05. The summed E-state index contributed by atoms with van der Waals surface area (Å²) in [4.78, 5) is 12.3. The molecule has 0 aliphatic carbocycles. The molecule has 0 saturated heterocycles. The van der Waals surface area contributed by atoms with Crippen LogP contribution < -0.4 is 10.9 Å². The second-order valence-corrected chi connectivity index (χ2v) is 4.56. The zero-order valence-electron chi connectivity index (χ0n) is 11.3. The lowest BCUT2D eigenvalue weighted by molar-refractivity contribution is 0.102. The van der Waals surface area contributed by atoms with E-state index in [0.29, 0.717) is 16.7 Å². The van der Waals surface area contributed by atoms with E-state index < -0.39 is 11.7 Å². The maximum atomic E-state index is 12.9. The van der Waals surface area contributed by atoms with Crippen molar-refractivity contribution in [3.8, 4) is 0 Å². The van der Waals surface area contributed by atoms with Gasteiger partial charge in [0, 0.05) is 11.1 Å². The Balaban J connectivity index is 2.01. The average Bonchev–Trinajstić information content (AvgIpc) is 2.55. The van der Waals surface area contributed by atoms with Crippen LogP contribution in [0.5, 0.6) is 0 Å². The molecule has 0 radical (unpaired) electrons. The van der Waals surface area contributed by atoms with Gasteiger partial charge in [-0.05, 0) is 41.6 Å². The van der Waals surface area contributed by atoms with Gasteiger partial charge in [0.25, 0.3) is 11.5 Å². The van der Waals surface area contributed by atoms with E-state index in [1.165, 1.54) is 24.3 Å². The number of hydrogen-bond acceptors (Lipinski definition) is 4. The summed E-state index contributed by atoms with van der Waals surface area (Å²) >= 11 is 0. The van der Waals surface area contributed by atoms with Gasteiger partial charge in [-0.1, -0.05) is 18.2 Å². The number of amides is 1. The molecule has 3 rings (SSSR count). The van der Waals surface area contributed by atoms with Crippen molar-refractivity contribution in [3.63, 3.8) is 0 Å². The van der Waals surface area contributed by atoms with Crippen LogP contribution in [-0.4, -0.2) is 11.1 Å². The zero-order chi connectivity index (χ0) is 15.5. The van der Waals surface area contributed by atoms with Gasteiger partial charge in [0.15, 0.2) is 0 Å². The Morgan fingerprint density at radius 2 is 1.86 bits per heavy atom. The fourth-order valence-electron chi connectivity index (χ4n) is 2.04. The van der Waals surface area contributed by atoms with E-state index in [1.54, 1.807) is 30.3 Å². The van der Waals surface area contributed by atoms with Crippen LogP contribution in [0.1, 0.15) is 10.4 Å².